The Kier molecular flexibility index (Phi) is 8.47. The van der Waals surface area contributed by atoms with Crippen molar-refractivity contribution in [3.8, 4) is 66.8 Å². The predicted molar refractivity (Wildman–Crippen MR) is 259 cm³/mol. The molecule has 0 aliphatic heterocycles. The van der Waals surface area contributed by atoms with Gasteiger partial charge >= 0.3 is 0 Å². The molecule has 1 spiro atoms. The van der Waals surface area contributed by atoms with Gasteiger partial charge in [-0.3, -0.25) is 0 Å². The second kappa shape index (κ2) is 14.6. The smallest absolute Gasteiger partial charge is 0.0726 e. The van der Waals surface area contributed by atoms with Crippen LogP contribution in [-0.4, -0.2) is 0 Å². The van der Waals surface area contributed by atoms with Gasteiger partial charge in [-0.2, -0.15) is 0 Å². The van der Waals surface area contributed by atoms with Crippen LogP contribution < -0.4 is 4.90 Å². The van der Waals surface area contributed by atoms with Crippen molar-refractivity contribution in [2.45, 2.75) is 5.41 Å². The van der Waals surface area contributed by atoms with Crippen molar-refractivity contribution in [2.75, 3.05) is 4.90 Å². The SMILES string of the molecule is c1ccc(-c2ccc(-c3ccc(-c4ccc(N(c5ccc(-c6ccccc6)cc5)c5ccc6c(c5)C5(c7ccccc7-c7ccccc75)c5ccccc5-6)cc4)cc3)cc2)cc1. The molecule has 2 aliphatic carbocycles. The molecule has 290 valence electrons. The van der Waals surface area contributed by atoms with Gasteiger partial charge in [-0.05, 0) is 125 Å². The minimum atomic E-state index is -0.419. The normalized spacial score (nSPS) is 12.6. The van der Waals surface area contributed by atoms with Gasteiger partial charge in [0.1, 0.15) is 0 Å². The average Bonchev–Trinajstić information content (AvgIpc) is 3.82. The largest absolute Gasteiger partial charge is 0.310 e. The zero-order valence-corrected chi connectivity index (χ0v) is 34.1. The standard InChI is InChI=1S/C61H41N/c1-3-13-42(14-4-1)44-23-25-45(26-24-44)46-27-29-47(30-28-46)49-33-37-51(38-34-49)62(50-35-31-48(32-36-50)43-15-5-2-6-16-43)52-39-40-56-55-19-9-12-22-59(55)61(60(56)41-52)57-20-10-7-17-53(57)54-18-8-11-21-58(54)61/h1-41H. The summed E-state index contributed by atoms with van der Waals surface area (Å²) in [6, 6.07) is 91.3. The molecule has 1 nitrogen and oxygen atoms in total. The number of nitrogens with zero attached hydrogens (tertiary/aromatic N) is 1. The molecule has 0 unspecified atom stereocenters. The van der Waals surface area contributed by atoms with Gasteiger partial charge in [0.15, 0.2) is 0 Å². The van der Waals surface area contributed by atoms with Gasteiger partial charge in [0.25, 0.3) is 0 Å². The van der Waals surface area contributed by atoms with Gasteiger partial charge < -0.3 is 4.90 Å². The third-order valence-electron chi connectivity index (χ3n) is 13.1. The number of fused-ring (bicyclic) bond motifs is 10. The van der Waals surface area contributed by atoms with Crippen LogP contribution in [0.2, 0.25) is 0 Å². The predicted octanol–water partition coefficient (Wildman–Crippen LogP) is 16.2. The highest BCUT2D eigenvalue weighted by molar-refractivity contribution is 5.96. The first-order valence-corrected chi connectivity index (χ1v) is 21.5. The van der Waals surface area contributed by atoms with Crippen molar-refractivity contribution in [1.29, 1.82) is 0 Å². The molecule has 0 heterocycles. The summed E-state index contributed by atoms with van der Waals surface area (Å²) in [5.41, 5.74) is 23.2. The van der Waals surface area contributed by atoms with E-state index in [2.05, 4.69) is 254 Å². The molecular weight excluding hydrogens is 747 g/mol. The summed E-state index contributed by atoms with van der Waals surface area (Å²) < 4.78 is 0. The van der Waals surface area contributed by atoms with Crippen LogP contribution in [0.4, 0.5) is 17.1 Å². The number of hydrogen-bond donors (Lipinski definition) is 0. The summed E-state index contributed by atoms with van der Waals surface area (Å²) in [5, 5.41) is 0. The maximum absolute atomic E-state index is 2.47. The molecular formula is C61H41N. The monoisotopic (exact) mass is 787 g/mol. The van der Waals surface area contributed by atoms with Gasteiger partial charge in [0, 0.05) is 17.1 Å². The Morgan fingerprint density at radius 3 is 0.855 bits per heavy atom. The van der Waals surface area contributed by atoms with Crippen molar-refractivity contribution >= 4 is 17.1 Å². The van der Waals surface area contributed by atoms with Gasteiger partial charge in [-0.25, -0.2) is 0 Å². The second-order valence-corrected chi connectivity index (χ2v) is 16.4. The molecule has 0 N–H and O–H groups in total. The fraction of sp³-hybridized carbons (Fsp3) is 0.0164. The lowest BCUT2D eigenvalue weighted by atomic mass is 9.70. The van der Waals surface area contributed by atoms with Crippen molar-refractivity contribution in [2.24, 2.45) is 0 Å². The topological polar surface area (TPSA) is 3.24 Å². The minimum absolute atomic E-state index is 0.419. The van der Waals surface area contributed by atoms with Crippen LogP contribution in [0, 0.1) is 0 Å². The highest BCUT2D eigenvalue weighted by atomic mass is 15.1. The number of hydrogen-bond acceptors (Lipinski definition) is 1. The molecule has 12 rings (SSSR count). The lowest BCUT2D eigenvalue weighted by Crippen LogP contribution is -2.26. The second-order valence-electron chi connectivity index (χ2n) is 16.4. The Balaban J connectivity index is 0.948. The van der Waals surface area contributed by atoms with Gasteiger partial charge in [0.2, 0.25) is 0 Å². The van der Waals surface area contributed by atoms with Crippen molar-refractivity contribution in [3.05, 3.63) is 271 Å². The molecule has 0 radical (unpaired) electrons. The first kappa shape index (κ1) is 35.9. The highest BCUT2D eigenvalue weighted by Gasteiger charge is 2.51. The summed E-state index contributed by atoms with van der Waals surface area (Å²) in [6.45, 7) is 0. The van der Waals surface area contributed by atoms with Crippen molar-refractivity contribution < 1.29 is 0 Å². The Hall–Kier alpha value is -8.00. The fourth-order valence-electron chi connectivity index (χ4n) is 10.2. The Morgan fingerprint density at radius 2 is 0.484 bits per heavy atom. The van der Waals surface area contributed by atoms with Crippen LogP contribution in [0.3, 0.4) is 0 Å². The zero-order valence-electron chi connectivity index (χ0n) is 34.1. The van der Waals surface area contributed by atoms with E-state index in [1.807, 2.05) is 0 Å². The summed E-state index contributed by atoms with van der Waals surface area (Å²) in [7, 11) is 0. The number of rotatable bonds is 7. The van der Waals surface area contributed by atoms with Crippen LogP contribution >= 0.6 is 0 Å². The summed E-state index contributed by atoms with van der Waals surface area (Å²) in [4.78, 5) is 2.42. The van der Waals surface area contributed by atoms with E-state index >= 15 is 0 Å². The molecule has 0 saturated carbocycles. The number of anilines is 3. The van der Waals surface area contributed by atoms with Crippen molar-refractivity contribution in [1.82, 2.24) is 0 Å². The molecule has 10 aromatic carbocycles. The van der Waals surface area contributed by atoms with Gasteiger partial charge in [-0.15, -0.1) is 0 Å². The summed E-state index contributed by atoms with van der Waals surface area (Å²) in [6.07, 6.45) is 0. The first-order valence-electron chi connectivity index (χ1n) is 21.5. The zero-order chi connectivity index (χ0) is 41.0. The van der Waals surface area contributed by atoms with Crippen molar-refractivity contribution in [3.63, 3.8) is 0 Å². The average molecular weight is 788 g/mol. The lowest BCUT2D eigenvalue weighted by molar-refractivity contribution is 0.793. The molecule has 62 heavy (non-hydrogen) atoms. The van der Waals surface area contributed by atoms with Gasteiger partial charge in [-0.1, -0.05) is 212 Å². The summed E-state index contributed by atoms with van der Waals surface area (Å²) >= 11 is 0. The van der Waals surface area contributed by atoms with Crippen LogP contribution in [0.15, 0.2) is 249 Å². The van der Waals surface area contributed by atoms with E-state index in [0.717, 1.165) is 17.1 Å². The van der Waals surface area contributed by atoms with Gasteiger partial charge in [0.05, 0.1) is 5.41 Å². The third kappa shape index (κ3) is 5.70. The van der Waals surface area contributed by atoms with E-state index in [1.165, 1.54) is 89.0 Å². The highest BCUT2D eigenvalue weighted by Crippen LogP contribution is 2.63. The lowest BCUT2D eigenvalue weighted by Gasteiger charge is -2.32. The van der Waals surface area contributed by atoms with E-state index in [9.17, 15) is 0 Å². The van der Waals surface area contributed by atoms with Crippen LogP contribution in [-0.2, 0) is 5.41 Å². The van der Waals surface area contributed by atoms with Crippen LogP contribution in [0.1, 0.15) is 22.3 Å². The van der Waals surface area contributed by atoms with Crippen LogP contribution in [0.5, 0.6) is 0 Å². The molecule has 0 amide bonds. The molecule has 0 saturated heterocycles. The maximum Gasteiger partial charge on any atom is 0.0726 e. The fourth-order valence-corrected chi connectivity index (χ4v) is 10.2. The van der Waals surface area contributed by atoms with E-state index in [0.29, 0.717) is 0 Å². The third-order valence-corrected chi connectivity index (χ3v) is 13.1. The first-order chi connectivity index (χ1) is 30.7. The molecule has 0 aromatic heterocycles. The molecule has 0 fully saturated rings. The molecule has 2 aliphatic rings. The Bertz CT molecular complexity index is 3170. The molecule has 0 atom stereocenters. The Labute approximate surface area is 363 Å². The molecule has 1 heteroatoms. The van der Waals surface area contributed by atoms with E-state index in [4.69, 9.17) is 0 Å². The van der Waals surface area contributed by atoms with E-state index in [1.54, 1.807) is 0 Å². The van der Waals surface area contributed by atoms with E-state index in [-0.39, 0.29) is 0 Å². The quantitative estimate of drug-likeness (QED) is 0.155. The Morgan fingerprint density at radius 1 is 0.210 bits per heavy atom. The number of benzene rings is 10. The minimum Gasteiger partial charge on any atom is -0.310 e. The summed E-state index contributed by atoms with van der Waals surface area (Å²) in [5.74, 6) is 0. The molecule has 0 bridgehead atoms. The van der Waals surface area contributed by atoms with Crippen LogP contribution in [0.25, 0.3) is 66.8 Å². The van der Waals surface area contributed by atoms with E-state index < -0.39 is 5.41 Å². The maximum atomic E-state index is 2.47. The molecule has 10 aromatic rings.